The lowest BCUT2D eigenvalue weighted by Crippen LogP contribution is -2.22. The SMILES string of the molecule is Cc1csc(=O)n1CCC(=O)Nc1cccc(S(=O)(=O)N(C)C)c1. The van der Waals surface area contributed by atoms with Crippen molar-refractivity contribution < 1.29 is 13.2 Å². The Labute approximate surface area is 144 Å². The second kappa shape index (κ2) is 7.29. The van der Waals surface area contributed by atoms with E-state index in [0.717, 1.165) is 21.3 Å². The molecule has 0 aliphatic carbocycles. The lowest BCUT2D eigenvalue weighted by Gasteiger charge is -2.12. The summed E-state index contributed by atoms with van der Waals surface area (Å²) in [7, 11) is -0.664. The number of anilines is 1. The van der Waals surface area contributed by atoms with Gasteiger partial charge in [0.15, 0.2) is 0 Å². The fraction of sp³-hybridized carbons (Fsp3) is 0.333. The van der Waals surface area contributed by atoms with Crippen LogP contribution in [0.15, 0.2) is 39.3 Å². The summed E-state index contributed by atoms with van der Waals surface area (Å²) in [6.07, 6.45) is 0.127. The summed E-state index contributed by atoms with van der Waals surface area (Å²) in [5.41, 5.74) is 1.22. The molecule has 0 spiro atoms. The molecule has 24 heavy (non-hydrogen) atoms. The first-order valence-corrected chi connectivity index (χ1v) is 9.51. The number of thiazole rings is 1. The number of nitrogens with one attached hydrogen (secondary N) is 1. The number of amides is 1. The molecule has 0 saturated carbocycles. The fourth-order valence-corrected chi connectivity index (χ4v) is 3.77. The van der Waals surface area contributed by atoms with E-state index in [2.05, 4.69) is 5.32 Å². The van der Waals surface area contributed by atoms with E-state index in [4.69, 9.17) is 0 Å². The predicted molar refractivity (Wildman–Crippen MR) is 93.9 cm³/mol. The van der Waals surface area contributed by atoms with Gasteiger partial charge in [-0.15, -0.1) is 0 Å². The van der Waals surface area contributed by atoms with Crippen LogP contribution in [0.4, 0.5) is 5.69 Å². The molecule has 9 heteroatoms. The van der Waals surface area contributed by atoms with Gasteiger partial charge in [-0.3, -0.25) is 9.59 Å². The quantitative estimate of drug-likeness (QED) is 0.836. The van der Waals surface area contributed by atoms with Gasteiger partial charge in [-0.2, -0.15) is 0 Å². The maximum Gasteiger partial charge on any atom is 0.307 e. The number of aromatic nitrogens is 1. The molecule has 2 aromatic rings. The van der Waals surface area contributed by atoms with Crippen molar-refractivity contribution in [2.45, 2.75) is 24.8 Å². The number of sulfonamides is 1. The molecule has 1 aromatic carbocycles. The average Bonchev–Trinajstić information content (AvgIpc) is 2.84. The Hall–Kier alpha value is -1.97. The number of nitrogens with zero attached hydrogens (tertiary/aromatic N) is 2. The average molecular weight is 369 g/mol. The third kappa shape index (κ3) is 4.11. The van der Waals surface area contributed by atoms with Gasteiger partial charge in [0.1, 0.15) is 0 Å². The highest BCUT2D eigenvalue weighted by molar-refractivity contribution is 7.89. The van der Waals surface area contributed by atoms with Gasteiger partial charge in [0.25, 0.3) is 0 Å². The summed E-state index contributed by atoms with van der Waals surface area (Å²) < 4.78 is 26.9. The second-order valence-electron chi connectivity index (χ2n) is 5.41. The topological polar surface area (TPSA) is 88.5 Å². The van der Waals surface area contributed by atoms with Gasteiger partial charge in [-0.05, 0) is 25.1 Å². The second-order valence-corrected chi connectivity index (χ2v) is 8.38. The minimum Gasteiger partial charge on any atom is -0.326 e. The molecule has 0 unspecified atom stereocenters. The Morgan fingerprint density at radius 2 is 2.04 bits per heavy atom. The highest BCUT2D eigenvalue weighted by atomic mass is 32.2. The molecule has 1 N–H and O–H groups in total. The zero-order valence-corrected chi connectivity index (χ0v) is 15.3. The van der Waals surface area contributed by atoms with Gasteiger partial charge in [-0.25, -0.2) is 12.7 Å². The number of benzene rings is 1. The van der Waals surface area contributed by atoms with Crippen molar-refractivity contribution in [1.82, 2.24) is 8.87 Å². The molecule has 2 rings (SSSR count). The zero-order valence-electron chi connectivity index (χ0n) is 13.6. The first-order valence-electron chi connectivity index (χ1n) is 7.19. The van der Waals surface area contributed by atoms with E-state index in [0.29, 0.717) is 5.69 Å². The number of aryl methyl sites for hydroxylation is 1. The lowest BCUT2D eigenvalue weighted by molar-refractivity contribution is -0.116. The number of hydrogen-bond donors (Lipinski definition) is 1. The van der Waals surface area contributed by atoms with E-state index in [1.54, 1.807) is 17.5 Å². The van der Waals surface area contributed by atoms with Crippen LogP contribution in [-0.2, 0) is 21.4 Å². The first-order chi connectivity index (χ1) is 11.2. The molecule has 1 amide bonds. The van der Waals surface area contributed by atoms with Crippen LogP contribution in [0, 0.1) is 6.92 Å². The molecule has 0 radical (unpaired) electrons. The van der Waals surface area contributed by atoms with E-state index < -0.39 is 10.0 Å². The standard InChI is InChI=1S/C15H19N3O4S2/c1-11-10-23-15(20)18(11)8-7-14(19)16-12-5-4-6-13(9-12)24(21,22)17(2)3/h4-6,9-10H,7-8H2,1-3H3,(H,16,19). The molecule has 0 aliphatic rings. The van der Waals surface area contributed by atoms with E-state index >= 15 is 0 Å². The molecular formula is C15H19N3O4S2. The normalized spacial score (nSPS) is 11.7. The van der Waals surface area contributed by atoms with Crippen LogP contribution in [0.3, 0.4) is 0 Å². The summed E-state index contributed by atoms with van der Waals surface area (Å²) in [4.78, 5) is 23.7. The summed E-state index contributed by atoms with van der Waals surface area (Å²) >= 11 is 1.10. The molecule has 7 nitrogen and oxygen atoms in total. The van der Waals surface area contributed by atoms with Crippen LogP contribution in [-0.4, -0.2) is 37.3 Å². The van der Waals surface area contributed by atoms with Crippen LogP contribution in [0.5, 0.6) is 0 Å². The fourth-order valence-electron chi connectivity index (χ4n) is 2.06. The van der Waals surface area contributed by atoms with Gasteiger partial charge < -0.3 is 9.88 Å². The highest BCUT2D eigenvalue weighted by Crippen LogP contribution is 2.18. The monoisotopic (exact) mass is 369 g/mol. The van der Waals surface area contributed by atoms with Crippen molar-refractivity contribution >= 4 is 33.0 Å². The summed E-state index contributed by atoms with van der Waals surface area (Å²) in [6.45, 7) is 2.10. The van der Waals surface area contributed by atoms with Crippen molar-refractivity contribution in [1.29, 1.82) is 0 Å². The molecule has 0 bridgehead atoms. The minimum atomic E-state index is -3.56. The summed E-state index contributed by atoms with van der Waals surface area (Å²) in [5.74, 6) is -0.285. The van der Waals surface area contributed by atoms with Crippen LogP contribution in [0.2, 0.25) is 0 Å². The molecular weight excluding hydrogens is 350 g/mol. The largest absolute Gasteiger partial charge is 0.326 e. The van der Waals surface area contributed by atoms with E-state index in [1.807, 2.05) is 6.92 Å². The van der Waals surface area contributed by atoms with Crippen molar-refractivity contribution in [3.63, 3.8) is 0 Å². The van der Waals surface area contributed by atoms with Gasteiger partial charge in [0, 0.05) is 43.8 Å². The van der Waals surface area contributed by atoms with Crippen LogP contribution >= 0.6 is 11.3 Å². The first kappa shape index (κ1) is 18.4. The van der Waals surface area contributed by atoms with Crippen molar-refractivity contribution in [3.8, 4) is 0 Å². The number of rotatable bonds is 6. The molecule has 1 heterocycles. The third-order valence-corrected chi connectivity index (χ3v) is 6.13. The van der Waals surface area contributed by atoms with Crippen LogP contribution < -0.4 is 10.2 Å². The predicted octanol–water partition coefficient (Wildman–Crippen LogP) is 1.50. The molecule has 130 valence electrons. The number of carbonyl (C=O) groups is 1. The highest BCUT2D eigenvalue weighted by Gasteiger charge is 2.17. The summed E-state index contributed by atoms with van der Waals surface area (Å²) in [6, 6.07) is 6.07. The van der Waals surface area contributed by atoms with Crippen LogP contribution in [0.1, 0.15) is 12.1 Å². The van der Waals surface area contributed by atoms with Gasteiger partial charge >= 0.3 is 4.87 Å². The van der Waals surface area contributed by atoms with E-state index in [-0.39, 0.29) is 28.6 Å². The van der Waals surface area contributed by atoms with Crippen molar-refractivity contribution in [3.05, 3.63) is 45.0 Å². The Balaban J connectivity index is 2.06. The minimum absolute atomic E-state index is 0.0978. The Morgan fingerprint density at radius 3 is 2.62 bits per heavy atom. The van der Waals surface area contributed by atoms with Crippen LogP contribution in [0.25, 0.3) is 0 Å². The van der Waals surface area contributed by atoms with Crippen molar-refractivity contribution in [2.24, 2.45) is 0 Å². The summed E-state index contributed by atoms with van der Waals surface area (Å²) in [5, 5.41) is 4.41. The van der Waals surface area contributed by atoms with E-state index in [1.165, 1.54) is 30.8 Å². The van der Waals surface area contributed by atoms with Gasteiger partial charge in [0.2, 0.25) is 15.9 Å². The number of hydrogen-bond acceptors (Lipinski definition) is 5. The molecule has 1 aromatic heterocycles. The van der Waals surface area contributed by atoms with Gasteiger partial charge in [0.05, 0.1) is 4.90 Å². The Morgan fingerprint density at radius 1 is 1.33 bits per heavy atom. The zero-order chi connectivity index (χ0) is 17.9. The third-order valence-electron chi connectivity index (χ3n) is 3.44. The molecule has 0 fully saturated rings. The number of carbonyl (C=O) groups excluding carboxylic acids is 1. The maximum absolute atomic E-state index is 12.1. The Kier molecular flexibility index (Phi) is 5.58. The van der Waals surface area contributed by atoms with E-state index in [9.17, 15) is 18.0 Å². The molecule has 0 saturated heterocycles. The smallest absolute Gasteiger partial charge is 0.307 e. The molecule has 0 aliphatic heterocycles. The Bertz CT molecular complexity index is 897. The molecule has 0 atom stereocenters. The van der Waals surface area contributed by atoms with Crippen molar-refractivity contribution in [2.75, 3.05) is 19.4 Å². The maximum atomic E-state index is 12.1. The lowest BCUT2D eigenvalue weighted by atomic mass is 10.3. The van der Waals surface area contributed by atoms with Gasteiger partial charge in [-0.1, -0.05) is 17.4 Å².